The van der Waals surface area contributed by atoms with Gasteiger partial charge in [0, 0.05) is 30.8 Å². The molecule has 4 nitrogen and oxygen atoms in total. The van der Waals surface area contributed by atoms with Crippen LogP contribution in [0.4, 0.5) is 4.39 Å². The van der Waals surface area contributed by atoms with Gasteiger partial charge in [0.25, 0.3) is 0 Å². The molecule has 0 spiro atoms. The molecule has 1 N–H and O–H groups in total. The Bertz CT molecular complexity index is 1140. The van der Waals surface area contributed by atoms with E-state index in [1.807, 2.05) is 59.9 Å². The first-order chi connectivity index (χ1) is 14.1. The molecule has 4 aromatic rings. The molecule has 1 unspecified atom stereocenters. The van der Waals surface area contributed by atoms with Gasteiger partial charge in [-0.3, -0.25) is 4.79 Å². The lowest BCUT2D eigenvalue weighted by atomic mass is 9.91. The number of nitrogens with one attached hydrogen (secondary N) is 1. The second-order valence-electron chi connectivity index (χ2n) is 7.08. The molecule has 0 saturated carbocycles. The number of carbonyl (C=O) groups excluding carboxylic acids is 1. The zero-order valence-corrected chi connectivity index (χ0v) is 16.2. The number of benzene rings is 2. The number of pyridine rings is 1. The molecule has 1 amide bonds. The quantitative estimate of drug-likeness (QED) is 0.525. The number of hydrogen-bond acceptors (Lipinski definition) is 2. The van der Waals surface area contributed by atoms with E-state index in [4.69, 9.17) is 0 Å². The maximum absolute atomic E-state index is 14.7. The molecule has 29 heavy (non-hydrogen) atoms. The van der Waals surface area contributed by atoms with Gasteiger partial charge in [0.05, 0.1) is 5.69 Å². The van der Waals surface area contributed by atoms with Crippen LogP contribution in [0.2, 0.25) is 0 Å². The van der Waals surface area contributed by atoms with Crippen molar-refractivity contribution in [2.45, 2.75) is 25.8 Å². The van der Waals surface area contributed by atoms with Crippen LogP contribution in [0.3, 0.4) is 0 Å². The van der Waals surface area contributed by atoms with Gasteiger partial charge in [0.2, 0.25) is 5.91 Å². The third-order valence-electron chi connectivity index (χ3n) is 5.11. The third-order valence-corrected chi connectivity index (χ3v) is 5.11. The Labute approximate surface area is 169 Å². The number of hydrogen-bond donors (Lipinski definition) is 1. The summed E-state index contributed by atoms with van der Waals surface area (Å²) in [6.45, 7) is 2.42. The Balaban J connectivity index is 1.66. The fourth-order valence-corrected chi connectivity index (χ4v) is 3.66. The van der Waals surface area contributed by atoms with Crippen LogP contribution in [0.1, 0.15) is 34.9 Å². The Hall–Kier alpha value is -3.47. The zero-order chi connectivity index (χ0) is 20.2. The van der Waals surface area contributed by atoms with Gasteiger partial charge >= 0.3 is 0 Å². The molecule has 2 aromatic carbocycles. The van der Waals surface area contributed by atoms with E-state index < -0.39 is 5.92 Å². The number of aromatic nitrogens is 2. The van der Waals surface area contributed by atoms with Gasteiger partial charge in [-0.05, 0) is 36.2 Å². The molecule has 0 aliphatic heterocycles. The number of amides is 1. The lowest BCUT2D eigenvalue weighted by Crippen LogP contribution is -2.25. The molecule has 1 atom stereocenters. The normalized spacial score (nSPS) is 12.1. The van der Waals surface area contributed by atoms with Gasteiger partial charge in [-0.1, -0.05) is 54.6 Å². The van der Waals surface area contributed by atoms with Crippen molar-refractivity contribution in [3.63, 3.8) is 0 Å². The van der Waals surface area contributed by atoms with Crippen molar-refractivity contribution in [2.24, 2.45) is 0 Å². The van der Waals surface area contributed by atoms with E-state index in [0.29, 0.717) is 12.1 Å². The molecule has 0 bridgehead atoms. The largest absolute Gasteiger partial charge is 0.352 e. The van der Waals surface area contributed by atoms with E-state index in [1.54, 1.807) is 24.4 Å². The van der Waals surface area contributed by atoms with Crippen LogP contribution in [0, 0.1) is 12.7 Å². The van der Waals surface area contributed by atoms with Gasteiger partial charge in [-0.15, -0.1) is 0 Å². The minimum absolute atomic E-state index is 0.134. The molecule has 2 heterocycles. The van der Waals surface area contributed by atoms with Crippen molar-refractivity contribution in [1.82, 2.24) is 14.7 Å². The number of nitrogens with zero attached hydrogens (tertiary/aromatic N) is 2. The Morgan fingerprint density at radius 3 is 2.59 bits per heavy atom. The maximum atomic E-state index is 14.7. The minimum atomic E-state index is -0.442. The summed E-state index contributed by atoms with van der Waals surface area (Å²) in [6, 6.07) is 22.2. The predicted molar refractivity (Wildman–Crippen MR) is 111 cm³/mol. The van der Waals surface area contributed by atoms with Crippen LogP contribution in [0.5, 0.6) is 0 Å². The molecule has 0 radical (unpaired) electrons. The van der Waals surface area contributed by atoms with Crippen LogP contribution < -0.4 is 5.32 Å². The highest BCUT2D eigenvalue weighted by Gasteiger charge is 2.24. The second-order valence-corrected chi connectivity index (χ2v) is 7.08. The van der Waals surface area contributed by atoms with Crippen LogP contribution in [-0.2, 0) is 11.3 Å². The monoisotopic (exact) mass is 387 g/mol. The summed E-state index contributed by atoms with van der Waals surface area (Å²) in [7, 11) is 0. The summed E-state index contributed by atoms with van der Waals surface area (Å²) >= 11 is 0. The lowest BCUT2D eigenvalue weighted by molar-refractivity contribution is -0.121. The molecular weight excluding hydrogens is 365 g/mol. The standard InChI is InChI=1S/C24H22FN3O/c1-17-8-7-13-23-26-16-22(28(17)23)20(19-11-5-6-12-21(19)25)14-24(29)27-15-18-9-3-2-4-10-18/h2-13,16,20H,14-15H2,1H3,(H,27,29). The van der Waals surface area contributed by atoms with E-state index in [0.717, 1.165) is 22.6 Å². The van der Waals surface area contributed by atoms with E-state index in [-0.39, 0.29) is 18.1 Å². The highest BCUT2D eigenvalue weighted by molar-refractivity contribution is 5.77. The van der Waals surface area contributed by atoms with Crippen LogP contribution in [-0.4, -0.2) is 15.3 Å². The maximum Gasteiger partial charge on any atom is 0.221 e. The second kappa shape index (κ2) is 8.27. The van der Waals surface area contributed by atoms with Gasteiger partial charge in [0.15, 0.2) is 0 Å². The van der Waals surface area contributed by atoms with E-state index >= 15 is 0 Å². The summed E-state index contributed by atoms with van der Waals surface area (Å²) in [5.41, 5.74) is 4.09. The Morgan fingerprint density at radius 1 is 1.03 bits per heavy atom. The van der Waals surface area contributed by atoms with E-state index in [1.165, 1.54) is 6.07 Å². The van der Waals surface area contributed by atoms with Crippen molar-refractivity contribution < 1.29 is 9.18 Å². The smallest absolute Gasteiger partial charge is 0.221 e. The lowest BCUT2D eigenvalue weighted by Gasteiger charge is -2.19. The average molecular weight is 387 g/mol. The van der Waals surface area contributed by atoms with Crippen LogP contribution in [0.25, 0.3) is 5.65 Å². The number of halogens is 1. The van der Waals surface area contributed by atoms with E-state index in [9.17, 15) is 9.18 Å². The summed E-state index contributed by atoms with van der Waals surface area (Å²) in [5, 5.41) is 2.95. The van der Waals surface area contributed by atoms with Crippen molar-refractivity contribution in [3.8, 4) is 0 Å². The number of fused-ring (bicyclic) bond motifs is 1. The topological polar surface area (TPSA) is 46.4 Å². The summed E-state index contributed by atoms with van der Waals surface area (Å²) in [5.74, 6) is -0.898. The van der Waals surface area contributed by atoms with Gasteiger partial charge in [0.1, 0.15) is 11.5 Å². The molecule has 0 fully saturated rings. The first-order valence-electron chi connectivity index (χ1n) is 9.61. The number of carbonyl (C=O) groups is 1. The molecule has 0 aliphatic rings. The Kier molecular flexibility index (Phi) is 5.38. The minimum Gasteiger partial charge on any atom is -0.352 e. The molecule has 4 rings (SSSR count). The zero-order valence-electron chi connectivity index (χ0n) is 16.2. The first-order valence-corrected chi connectivity index (χ1v) is 9.61. The van der Waals surface area contributed by atoms with Crippen molar-refractivity contribution in [2.75, 3.05) is 0 Å². The average Bonchev–Trinajstić information content (AvgIpc) is 3.17. The molecule has 0 saturated heterocycles. The number of imidazole rings is 1. The first kappa shape index (κ1) is 18.9. The molecule has 2 aromatic heterocycles. The summed E-state index contributed by atoms with van der Waals surface area (Å²) in [6.07, 6.45) is 1.87. The van der Waals surface area contributed by atoms with Crippen molar-refractivity contribution in [3.05, 3.63) is 107 Å². The van der Waals surface area contributed by atoms with Gasteiger partial charge in [-0.2, -0.15) is 0 Å². The number of rotatable bonds is 6. The van der Waals surface area contributed by atoms with Gasteiger partial charge in [-0.25, -0.2) is 9.37 Å². The highest BCUT2D eigenvalue weighted by atomic mass is 19.1. The molecular formula is C24H22FN3O. The van der Waals surface area contributed by atoms with E-state index in [2.05, 4.69) is 10.3 Å². The van der Waals surface area contributed by atoms with Gasteiger partial charge < -0.3 is 9.72 Å². The van der Waals surface area contributed by atoms with Crippen LogP contribution >= 0.6 is 0 Å². The highest BCUT2D eigenvalue weighted by Crippen LogP contribution is 2.31. The number of aryl methyl sites for hydroxylation is 1. The molecule has 5 heteroatoms. The summed E-state index contributed by atoms with van der Waals surface area (Å²) < 4.78 is 16.7. The molecule has 0 aliphatic carbocycles. The predicted octanol–water partition coefficient (Wildman–Crippen LogP) is 4.62. The van der Waals surface area contributed by atoms with Crippen molar-refractivity contribution >= 4 is 11.6 Å². The molecule has 146 valence electrons. The third kappa shape index (κ3) is 4.04. The fourth-order valence-electron chi connectivity index (χ4n) is 3.66. The Morgan fingerprint density at radius 2 is 1.79 bits per heavy atom. The fraction of sp³-hybridized carbons (Fsp3) is 0.167. The SMILES string of the molecule is Cc1cccc2ncc(C(CC(=O)NCc3ccccc3)c3ccccc3F)n12. The van der Waals surface area contributed by atoms with Crippen molar-refractivity contribution in [1.29, 1.82) is 0 Å². The summed E-state index contributed by atoms with van der Waals surface area (Å²) in [4.78, 5) is 17.2. The van der Waals surface area contributed by atoms with Crippen LogP contribution in [0.15, 0.2) is 79.0 Å².